The monoisotopic (exact) mass is 786 g/mol. The van der Waals surface area contributed by atoms with Crippen LogP contribution < -0.4 is 44.8 Å². The number of hydrogen-bond acceptors (Lipinski definition) is 14. The van der Waals surface area contributed by atoms with Gasteiger partial charge < -0.3 is 44.0 Å². The van der Waals surface area contributed by atoms with Crippen molar-refractivity contribution in [2.24, 2.45) is 0 Å². The van der Waals surface area contributed by atoms with Crippen molar-refractivity contribution in [3.63, 3.8) is 0 Å². The summed E-state index contributed by atoms with van der Waals surface area (Å²) < 4.78 is 37.9. The maximum Gasteiger partial charge on any atom is 0.324 e. The van der Waals surface area contributed by atoms with Gasteiger partial charge in [-0.05, 0) is 43.3 Å². The van der Waals surface area contributed by atoms with Crippen LogP contribution in [0.4, 0.5) is 22.0 Å². The molecule has 18 heteroatoms. The van der Waals surface area contributed by atoms with Gasteiger partial charge in [-0.2, -0.15) is 0 Å². The highest BCUT2D eigenvalue weighted by atomic mass is 35.5. The Morgan fingerprint density at radius 3 is 1.64 bits per heavy atom. The van der Waals surface area contributed by atoms with E-state index >= 15 is 0 Å². The Kier molecular flexibility index (Phi) is 11.7. The van der Waals surface area contributed by atoms with Gasteiger partial charge in [0.2, 0.25) is 11.8 Å². The molecular formula is C37H32Cl2N8O8. The van der Waals surface area contributed by atoms with E-state index in [1.165, 1.54) is 12.7 Å². The number of rotatable bonds is 10. The number of anilines is 3. The molecule has 0 unspecified atom stereocenters. The zero-order valence-electron chi connectivity index (χ0n) is 29.8. The second kappa shape index (κ2) is 16.9. The van der Waals surface area contributed by atoms with E-state index < -0.39 is 6.03 Å². The van der Waals surface area contributed by atoms with Crippen molar-refractivity contribution in [1.82, 2.24) is 25.1 Å². The predicted molar refractivity (Wildman–Crippen MR) is 207 cm³/mol. The molecule has 0 bridgehead atoms. The first kappa shape index (κ1) is 38.0. The maximum absolute atomic E-state index is 12.1. The van der Waals surface area contributed by atoms with E-state index in [0.29, 0.717) is 96.0 Å². The van der Waals surface area contributed by atoms with Crippen LogP contribution in [0.2, 0.25) is 10.0 Å². The second-order valence-corrected chi connectivity index (χ2v) is 12.1. The number of ether oxygens (including phenoxy) is 6. The first-order chi connectivity index (χ1) is 26.6. The fourth-order valence-electron chi connectivity index (χ4n) is 5.03. The maximum atomic E-state index is 12.1. The van der Waals surface area contributed by atoms with E-state index in [1.54, 1.807) is 102 Å². The molecule has 0 saturated heterocycles. The number of halogens is 2. The quantitative estimate of drug-likeness (QED) is 0.111. The summed E-state index contributed by atoms with van der Waals surface area (Å²) >= 11 is 12.3. The van der Waals surface area contributed by atoms with Gasteiger partial charge in [0.15, 0.2) is 28.8 Å². The number of nitrogen functional groups attached to an aromatic ring is 1. The molecule has 3 heterocycles. The summed E-state index contributed by atoms with van der Waals surface area (Å²) in [7, 11) is 6.22. The first-order valence-corrected chi connectivity index (χ1v) is 16.8. The molecule has 16 nitrogen and oxygen atoms in total. The molecule has 0 atom stereocenters. The van der Waals surface area contributed by atoms with E-state index in [4.69, 9.17) is 61.9 Å². The van der Waals surface area contributed by atoms with Crippen molar-refractivity contribution < 1.29 is 37.7 Å². The smallest absolute Gasteiger partial charge is 0.324 e. The fraction of sp³-hybridized carbons (Fsp3) is 0.135. The van der Waals surface area contributed by atoms with Crippen LogP contribution >= 0.6 is 23.2 Å². The van der Waals surface area contributed by atoms with Gasteiger partial charge in [-0.25, -0.2) is 24.7 Å². The van der Waals surface area contributed by atoms with Gasteiger partial charge >= 0.3 is 6.03 Å². The minimum atomic E-state index is -0.517. The standard InChI is InChI=1S/C21H18ClN5O5.C16H14ClN3O3/c1-11-6-19(27-32-11)26-21(28)25-15-5-4-12(7-14(15)22)31-20-13-8-17(29-2)18(30-3)9-16(13)23-10-24-20;1-21-14-6-10-13(7-15(14)22-2)19-8-20-16(10)23-9-3-4-12(18)11(17)5-9/h4-10H,1-3H3,(H2,25,26,27,28);3-8H,18H2,1-2H3. The lowest BCUT2D eigenvalue weighted by molar-refractivity contribution is 0.262. The number of amides is 2. The number of aromatic nitrogens is 5. The van der Waals surface area contributed by atoms with Gasteiger partial charge in [0, 0.05) is 30.3 Å². The van der Waals surface area contributed by atoms with Crippen LogP contribution in [-0.4, -0.2) is 59.6 Å². The van der Waals surface area contributed by atoms with Crippen LogP contribution in [0.25, 0.3) is 21.8 Å². The van der Waals surface area contributed by atoms with Gasteiger partial charge in [-0.15, -0.1) is 0 Å². The van der Waals surface area contributed by atoms with Gasteiger partial charge in [0.1, 0.15) is 29.9 Å². The molecule has 55 heavy (non-hydrogen) atoms. The van der Waals surface area contributed by atoms with Crippen LogP contribution in [0.15, 0.2) is 83.9 Å². The third-order valence-electron chi connectivity index (χ3n) is 7.67. The molecule has 0 aliphatic carbocycles. The molecule has 0 spiro atoms. The summed E-state index contributed by atoms with van der Waals surface area (Å²) in [6.07, 6.45) is 2.81. The third-order valence-corrected chi connectivity index (χ3v) is 8.31. The number of methoxy groups -OCH3 is 4. The third kappa shape index (κ3) is 8.89. The summed E-state index contributed by atoms with van der Waals surface area (Å²) in [5.74, 6) is 4.72. The van der Waals surface area contributed by atoms with Crippen molar-refractivity contribution in [3.8, 4) is 46.3 Å². The average molecular weight is 788 g/mol. The lowest BCUT2D eigenvalue weighted by atomic mass is 10.2. The normalized spacial score (nSPS) is 10.6. The topological polar surface area (TPSA) is 200 Å². The average Bonchev–Trinajstić information content (AvgIpc) is 3.60. The van der Waals surface area contributed by atoms with Gasteiger partial charge in [0.05, 0.1) is 71.7 Å². The minimum Gasteiger partial charge on any atom is -0.493 e. The van der Waals surface area contributed by atoms with Crippen LogP contribution in [-0.2, 0) is 0 Å². The van der Waals surface area contributed by atoms with Gasteiger partial charge in [-0.3, -0.25) is 5.32 Å². The summed E-state index contributed by atoms with van der Waals surface area (Å²) in [6.45, 7) is 1.72. The Balaban J connectivity index is 0.000000197. The van der Waals surface area contributed by atoms with Crippen LogP contribution in [0.3, 0.4) is 0 Å². The lowest BCUT2D eigenvalue weighted by Crippen LogP contribution is -2.19. The molecule has 0 aliphatic rings. The largest absolute Gasteiger partial charge is 0.493 e. The molecule has 4 N–H and O–H groups in total. The van der Waals surface area contributed by atoms with E-state index in [2.05, 4.69) is 35.7 Å². The highest BCUT2D eigenvalue weighted by Gasteiger charge is 2.15. The molecule has 3 aromatic heterocycles. The van der Waals surface area contributed by atoms with Crippen molar-refractivity contribution in [2.45, 2.75) is 6.92 Å². The Morgan fingerprint density at radius 1 is 0.655 bits per heavy atom. The van der Waals surface area contributed by atoms with Crippen LogP contribution in [0, 0.1) is 6.92 Å². The predicted octanol–water partition coefficient (Wildman–Crippen LogP) is 8.71. The molecule has 2 amide bonds. The van der Waals surface area contributed by atoms with Crippen LogP contribution in [0.5, 0.6) is 46.3 Å². The molecule has 0 radical (unpaired) electrons. The number of carbonyl (C=O) groups is 1. The summed E-state index contributed by atoms with van der Waals surface area (Å²) in [5.41, 5.74) is 7.87. The van der Waals surface area contributed by atoms with Crippen molar-refractivity contribution in [1.29, 1.82) is 0 Å². The molecule has 0 saturated carbocycles. The number of carbonyl (C=O) groups excluding carboxylic acids is 1. The van der Waals surface area contributed by atoms with E-state index in [-0.39, 0.29) is 5.02 Å². The molecule has 4 aromatic carbocycles. The second-order valence-electron chi connectivity index (χ2n) is 11.2. The van der Waals surface area contributed by atoms with E-state index in [0.717, 1.165) is 0 Å². The van der Waals surface area contributed by atoms with Crippen LogP contribution in [0.1, 0.15) is 5.76 Å². The number of benzene rings is 4. The highest BCUT2D eigenvalue weighted by Crippen LogP contribution is 2.38. The molecule has 282 valence electrons. The zero-order valence-corrected chi connectivity index (χ0v) is 31.4. The molecule has 7 rings (SSSR count). The SMILES string of the molecule is COc1cc2ncnc(Oc3ccc(N)c(Cl)c3)c2cc1OC.COc1cc2ncnc(Oc3ccc(NC(=O)Nc4cc(C)on4)c(Cl)c3)c2cc1OC. The Labute approximate surface area is 323 Å². The first-order valence-electron chi connectivity index (χ1n) is 16.0. The summed E-state index contributed by atoms with van der Waals surface area (Å²) in [5, 5.41) is 10.9. The van der Waals surface area contributed by atoms with Crippen molar-refractivity contribution >= 4 is 68.2 Å². The number of nitrogens with one attached hydrogen (secondary N) is 2. The summed E-state index contributed by atoms with van der Waals surface area (Å²) in [6, 6.07) is 17.9. The summed E-state index contributed by atoms with van der Waals surface area (Å²) in [4.78, 5) is 29.0. The lowest BCUT2D eigenvalue weighted by Gasteiger charge is -2.12. The number of fused-ring (bicyclic) bond motifs is 2. The molecule has 7 aromatic rings. The number of hydrogen-bond donors (Lipinski definition) is 3. The number of urea groups is 1. The number of nitrogens with zero attached hydrogens (tertiary/aromatic N) is 5. The van der Waals surface area contributed by atoms with E-state index in [9.17, 15) is 4.79 Å². The Morgan fingerprint density at radius 2 is 1.16 bits per heavy atom. The Hall–Kier alpha value is -6.78. The Bertz CT molecular complexity index is 2500. The van der Waals surface area contributed by atoms with Crippen molar-refractivity contribution in [2.75, 3.05) is 44.8 Å². The minimum absolute atomic E-state index is 0.270. The number of aryl methyl sites for hydroxylation is 1. The molecular weight excluding hydrogens is 755 g/mol. The van der Waals surface area contributed by atoms with Gasteiger partial charge in [-0.1, -0.05) is 28.4 Å². The van der Waals surface area contributed by atoms with Crippen molar-refractivity contribution in [3.05, 3.63) is 95.2 Å². The number of nitrogens with two attached hydrogens (primary N) is 1. The molecule has 0 aliphatic heterocycles. The van der Waals surface area contributed by atoms with E-state index in [1.807, 2.05) is 0 Å². The fourth-order valence-corrected chi connectivity index (χ4v) is 5.42. The molecule has 0 fully saturated rings. The van der Waals surface area contributed by atoms with Gasteiger partial charge in [0.25, 0.3) is 0 Å². The zero-order chi connectivity index (χ0) is 39.1. The highest BCUT2D eigenvalue weighted by molar-refractivity contribution is 6.34.